The number of methoxy groups -OCH3 is 2. The van der Waals surface area contributed by atoms with E-state index < -0.39 is 0 Å². The zero-order chi connectivity index (χ0) is 19.2. The zero-order valence-corrected chi connectivity index (χ0v) is 15.8. The van der Waals surface area contributed by atoms with Gasteiger partial charge in [-0.25, -0.2) is 0 Å². The lowest BCUT2D eigenvalue weighted by molar-refractivity contribution is -0.115. The Morgan fingerprint density at radius 3 is 2.48 bits per heavy atom. The SMILES string of the molecule is COc1ccc(-c2cnccc2NC(=O)Cc2ccc(Cl)cc2)cc1OC. The molecule has 0 radical (unpaired) electrons. The Bertz CT molecular complexity index is 942. The number of anilines is 1. The number of benzene rings is 2. The molecule has 27 heavy (non-hydrogen) atoms. The lowest BCUT2D eigenvalue weighted by Gasteiger charge is -2.13. The molecule has 0 atom stereocenters. The predicted molar refractivity (Wildman–Crippen MR) is 107 cm³/mol. The number of aromatic nitrogens is 1. The van der Waals surface area contributed by atoms with Crippen LogP contribution in [0.1, 0.15) is 5.56 Å². The normalized spacial score (nSPS) is 10.3. The number of amides is 1. The number of hydrogen-bond donors (Lipinski definition) is 1. The molecule has 0 aliphatic heterocycles. The first-order valence-corrected chi connectivity index (χ1v) is 8.69. The first kappa shape index (κ1) is 18.7. The third-order valence-electron chi connectivity index (χ3n) is 4.07. The van der Waals surface area contributed by atoms with E-state index in [4.69, 9.17) is 21.1 Å². The number of ether oxygens (including phenoxy) is 2. The monoisotopic (exact) mass is 382 g/mol. The van der Waals surface area contributed by atoms with Crippen LogP contribution in [0.25, 0.3) is 11.1 Å². The van der Waals surface area contributed by atoms with Crippen molar-refractivity contribution in [3.8, 4) is 22.6 Å². The second kappa shape index (κ2) is 8.56. The van der Waals surface area contributed by atoms with Crippen molar-refractivity contribution in [2.75, 3.05) is 19.5 Å². The number of rotatable bonds is 6. The van der Waals surface area contributed by atoms with Crippen molar-refractivity contribution >= 4 is 23.2 Å². The largest absolute Gasteiger partial charge is 0.493 e. The Morgan fingerprint density at radius 1 is 1.04 bits per heavy atom. The minimum absolute atomic E-state index is 0.120. The zero-order valence-electron chi connectivity index (χ0n) is 15.0. The summed E-state index contributed by atoms with van der Waals surface area (Å²) in [5, 5.41) is 3.60. The van der Waals surface area contributed by atoms with E-state index in [9.17, 15) is 4.79 Å². The van der Waals surface area contributed by atoms with Gasteiger partial charge in [0.25, 0.3) is 0 Å². The number of carbonyl (C=O) groups excluding carboxylic acids is 1. The molecule has 138 valence electrons. The highest BCUT2D eigenvalue weighted by Gasteiger charge is 2.12. The van der Waals surface area contributed by atoms with Gasteiger partial charge in [-0.15, -0.1) is 0 Å². The van der Waals surface area contributed by atoms with E-state index >= 15 is 0 Å². The summed E-state index contributed by atoms with van der Waals surface area (Å²) in [6.07, 6.45) is 3.60. The smallest absolute Gasteiger partial charge is 0.228 e. The van der Waals surface area contributed by atoms with Gasteiger partial charge in [-0.1, -0.05) is 29.8 Å². The fourth-order valence-corrected chi connectivity index (χ4v) is 2.85. The Balaban J connectivity index is 1.83. The van der Waals surface area contributed by atoms with Crippen molar-refractivity contribution in [1.29, 1.82) is 0 Å². The Hall–Kier alpha value is -3.05. The summed E-state index contributed by atoms with van der Waals surface area (Å²) in [7, 11) is 3.17. The van der Waals surface area contributed by atoms with Crippen LogP contribution >= 0.6 is 11.6 Å². The molecule has 1 aromatic heterocycles. The number of halogens is 1. The van der Waals surface area contributed by atoms with Crippen LogP contribution in [-0.2, 0) is 11.2 Å². The van der Waals surface area contributed by atoms with Gasteiger partial charge in [0.1, 0.15) is 0 Å². The molecule has 1 N–H and O–H groups in total. The quantitative estimate of drug-likeness (QED) is 0.676. The molecule has 0 spiro atoms. The van der Waals surface area contributed by atoms with Crippen molar-refractivity contribution in [3.63, 3.8) is 0 Å². The molecule has 3 aromatic rings. The van der Waals surface area contributed by atoms with Crippen LogP contribution in [0.5, 0.6) is 11.5 Å². The first-order valence-electron chi connectivity index (χ1n) is 8.31. The molecule has 0 saturated carbocycles. The van der Waals surface area contributed by atoms with E-state index in [1.807, 2.05) is 30.3 Å². The van der Waals surface area contributed by atoms with E-state index in [1.54, 1.807) is 44.8 Å². The molecule has 2 aromatic carbocycles. The lowest BCUT2D eigenvalue weighted by atomic mass is 10.0. The van der Waals surface area contributed by atoms with Gasteiger partial charge in [0.2, 0.25) is 5.91 Å². The van der Waals surface area contributed by atoms with Gasteiger partial charge < -0.3 is 14.8 Å². The highest BCUT2D eigenvalue weighted by Crippen LogP contribution is 2.35. The van der Waals surface area contributed by atoms with Crippen molar-refractivity contribution in [2.45, 2.75) is 6.42 Å². The van der Waals surface area contributed by atoms with Crippen molar-refractivity contribution in [3.05, 3.63) is 71.5 Å². The minimum Gasteiger partial charge on any atom is -0.493 e. The number of nitrogens with zero attached hydrogens (tertiary/aromatic N) is 1. The average Bonchev–Trinajstić information content (AvgIpc) is 2.69. The summed E-state index contributed by atoms with van der Waals surface area (Å²) in [6.45, 7) is 0. The highest BCUT2D eigenvalue weighted by molar-refractivity contribution is 6.30. The third kappa shape index (κ3) is 4.57. The Kier molecular flexibility index (Phi) is 5.94. The van der Waals surface area contributed by atoms with Gasteiger partial charge >= 0.3 is 0 Å². The molecular weight excluding hydrogens is 364 g/mol. The Labute approximate surface area is 162 Å². The molecule has 0 bridgehead atoms. The summed E-state index contributed by atoms with van der Waals surface area (Å²) >= 11 is 5.89. The summed E-state index contributed by atoms with van der Waals surface area (Å²) in [5.74, 6) is 1.13. The average molecular weight is 383 g/mol. The van der Waals surface area contributed by atoms with Crippen LogP contribution in [-0.4, -0.2) is 25.1 Å². The van der Waals surface area contributed by atoms with Crippen LogP contribution in [0, 0.1) is 0 Å². The molecule has 1 heterocycles. The van der Waals surface area contributed by atoms with Gasteiger partial charge in [-0.3, -0.25) is 9.78 Å². The number of carbonyl (C=O) groups is 1. The number of pyridine rings is 1. The van der Waals surface area contributed by atoms with Gasteiger partial charge in [0, 0.05) is 23.0 Å². The van der Waals surface area contributed by atoms with Gasteiger partial charge in [0.15, 0.2) is 11.5 Å². The maximum atomic E-state index is 12.5. The fourth-order valence-electron chi connectivity index (χ4n) is 2.72. The molecule has 0 fully saturated rings. The molecule has 5 nitrogen and oxygen atoms in total. The maximum Gasteiger partial charge on any atom is 0.228 e. The summed E-state index contributed by atoms with van der Waals surface area (Å²) < 4.78 is 10.6. The van der Waals surface area contributed by atoms with Crippen molar-refractivity contribution < 1.29 is 14.3 Å². The fraction of sp³-hybridized carbons (Fsp3) is 0.143. The second-order valence-corrected chi connectivity index (χ2v) is 6.28. The van der Waals surface area contributed by atoms with Gasteiger partial charge in [-0.05, 0) is 41.5 Å². The summed E-state index contributed by atoms with van der Waals surface area (Å²) in [5.41, 5.74) is 3.22. The second-order valence-electron chi connectivity index (χ2n) is 5.84. The summed E-state index contributed by atoms with van der Waals surface area (Å²) in [6, 6.07) is 14.6. The molecule has 3 rings (SSSR count). The number of hydrogen-bond acceptors (Lipinski definition) is 4. The van der Waals surface area contributed by atoms with Crippen LogP contribution < -0.4 is 14.8 Å². The molecule has 0 unspecified atom stereocenters. The van der Waals surface area contributed by atoms with Gasteiger partial charge in [0.05, 0.1) is 26.3 Å². The molecule has 0 aliphatic rings. The lowest BCUT2D eigenvalue weighted by Crippen LogP contribution is -2.15. The van der Waals surface area contributed by atoms with Crippen LogP contribution in [0.3, 0.4) is 0 Å². The Morgan fingerprint density at radius 2 is 1.78 bits per heavy atom. The first-order chi connectivity index (χ1) is 13.1. The van der Waals surface area contributed by atoms with E-state index in [-0.39, 0.29) is 12.3 Å². The topological polar surface area (TPSA) is 60.5 Å². The van der Waals surface area contributed by atoms with Crippen molar-refractivity contribution in [1.82, 2.24) is 4.98 Å². The predicted octanol–water partition coefficient (Wildman–Crippen LogP) is 4.60. The van der Waals surface area contributed by atoms with E-state index in [0.717, 1.165) is 16.7 Å². The molecular formula is C21H19ClN2O3. The highest BCUT2D eigenvalue weighted by atomic mass is 35.5. The van der Waals surface area contributed by atoms with Crippen LogP contribution in [0.15, 0.2) is 60.9 Å². The van der Waals surface area contributed by atoms with Crippen molar-refractivity contribution in [2.24, 2.45) is 0 Å². The minimum atomic E-state index is -0.120. The third-order valence-corrected chi connectivity index (χ3v) is 4.32. The van der Waals surface area contributed by atoms with E-state index in [1.165, 1.54) is 0 Å². The maximum absolute atomic E-state index is 12.5. The van der Waals surface area contributed by atoms with Gasteiger partial charge in [-0.2, -0.15) is 0 Å². The van der Waals surface area contributed by atoms with E-state index in [2.05, 4.69) is 10.3 Å². The standard InChI is InChI=1S/C21H19ClN2O3/c1-26-19-8-5-15(12-20(19)27-2)17-13-23-10-9-18(17)24-21(25)11-14-3-6-16(22)7-4-14/h3-10,12-13H,11H2,1-2H3,(H,23,24,25). The summed E-state index contributed by atoms with van der Waals surface area (Å²) in [4.78, 5) is 16.6. The molecule has 6 heteroatoms. The molecule has 0 aliphatic carbocycles. The van der Waals surface area contributed by atoms with E-state index in [0.29, 0.717) is 22.2 Å². The molecule has 1 amide bonds. The number of nitrogens with one attached hydrogen (secondary N) is 1. The van der Waals surface area contributed by atoms with Crippen LogP contribution in [0.4, 0.5) is 5.69 Å². The molecule has 0 saturated heterocycles. The van der Waals surface area contributed by atoms with Crippen LogP contribution in [0.2, 0.25) is 5.02 Å².